The number of carboxylic acid groups (broad SMARTS) is 1. The monoisotopic (exact) mass is 511 g/mol. The molecule has 0 aromatic carbocycles. The molecule has 2 aromatic heterocycles. The van der Waals surface area contributed by atoms with E-state index in [0.717, 1.165) is 0 Å². The molecule has 4 heterocycles. The minimum absolute atomic E-state index is 0.105. The highest BCUT2D eigenvalue weighted by molar-refractivity contribution is 7.18. The maximum absolute atomic E-state index is 13.3. The van der Waals surface area contributed by atoms with Crippen LogP contribution < -0.4 is 5.73 Å². The number of allylic oxidation sites excluding steroid dienone is 4. The van der Waals surface area contributed by atoms with Gasteiger partial charge in [0.1, 0.15) is 29.1 Å². The number of amides is 2. The molecule has 11 nitrogen and oxygen atoms in total. The third kappa shape index (κ3) is 4.07. The number of carbonyl (C=O) groups excluding carboxylic acids is 3. The number of nitrogens with two attached hydrogens (primary N) is 1. The van der Waals surface area contributed by atoms with Gasteiger partial charge in [0.15, 0.2) is 0 Å². The van der Waals surface area contributed by atoms with Crippen molar-refractivity contribution in [2.75, 3.05) is 6.54 Å². The predicted molar refractivity (Wildman–Crippen MR) is 132 cm³/mol. The van der Waals surface area contributed by atoms with Gasteiger partial charge < -0.3 is 20.8 Å². The second-order valence-corrected chi connectivity index (χ2v) is 9.67. The zero-order chi connectivity index (χ0) is 26.3. The average Bonchev–Trinajstić information content (AvgIpc) is 3.45. The number of aliphatic imine (C=N–C) groups is 1. The fourth-order valence-corrected chi connectivity index (χ4v) is 5.94. The lowest BCUT2D eigenvalue weighted by molar-refractivity contribution is -0.163. The van der Waals surface area contributed by atoms with Crippen LogP contribution in [0.3, 0.4) is 0 Å². The summed E-state index contributed by atoms with van der Waals surface area (Å²) < 4.78 is 1.63. The predicted octanol–water partition coefficient (Wildman–Crippen LogP) is 1.29. The zero-order valence-electron chi connectivity index (χ0n) is 19.8. The fraction of sp³-hybridized carbons (Fsp3) is 0.333. The van der Waals surface area contributed by atoms with Gasteiger partial charge >= 0.3 is 5.97 Å². The molecule has 0 spiro atoms. The average molecular weight is 512 g/mol. The molecule has 4 atom stereocenters. The number of aliphatic carboxylic acids is 1. The van der Waals surface area contributed by atoms with E-state index >= 15 is 0 Å². The molecule has 0 radical (unpaired) electrons. The summed E-state index contributed by atoms with van der Waals surface area (Å²) in [5.74, 6) is -3.72. The number of aromatic nitrogens is 2. The number of aliphatic hydroxyl groups excluding tert-OH is 1. The molecule has 0 aliphatic carbocycles. The Morgan fingerprint density at radius 3 is 2.69 bits per heavy atom. The van der Waals surface area contributed by atoms with Crippen molar-refractivity contribution in [2.24, 2.45) is 22.6 Å². The topological polar surface area (TPSA) is 168 Å². The highest BCUT2D eigenvalue weighted by atomic mass is 32.1. The summed E-state index contributed by atoms with van der Waals surface area (Å²) in [5, 5.41) is 20.0. The number of carbonyl (C=O) groups is 4. The van der Waals surface area contributed by atoms with Crippen molar-refractivity contribution in [1.82, 2.24) is 14.3 Å². The zero-order valence-corrected chi connectivity index (χ0v) is 20.6. The lowest BCUT2D eigenvalue weighted by Crippen LogP contribution is -2.63. The summed E-state index contributed by atoms with van der Waals surface area (Å²) in [7, 11) is 0. The summed E-state index contributed by atoms with van der Waals surface area (Å²) in [5.41, 5.74) is 5.82. The Kier molecular flexibility index (Phi) is 6.74. The number of fused-ring (bicyclic) bond motifs is 2. The van der Waals surface area contributed by atoms with Crippen molar-refractivity contribution in [3.63, 3.8) is 0 Å². The normalized spacial score (nSPS) is 23.1. The van der Waals surface area contributed by atoms with Gasteiger partial charge in [0.05, 0.1) is 22.9 Å². The molecule has 188 valence electrons. The number of imidazole rings is 1. The molecule has 4 rings (SSSR count). The first-order valence-corrected chi connectivity index (χ1v) is 12.0. The molecule has 36 heavy (non-hydrogen) atoms. The number of hydrogen-bond acceptors (Lipinski definition) is 8. The van der Waals surface area contributed by atoms with E-state index in [0.29, 0.717) is 15.3 Å². The van der Waals surface area contributed by atoms with Gasteiger partial charge in [0, 0.05) is 29.5 Å². The Balaban J connectivity index is 1.75. The molecule has 0 saturated carbocycles. The largest absolute Gasteiger partial charge is 0.477 e. The lowest BCUT2D eigenvalue weighted by Gasteiger charge is -2.46. The van der Waals surface area contributed by atoms with Gasteiger partial charge in [0.2, 0.25) is 17.6 Å². The first kappa shape index (κ1) is 25.2. The minimum Gasteiger partial charge on any atom is -0.477 e. The standard InChI is InChI=1S/C24H25N5O6S/c1-4-5-6-13(7-26-8-15(25)31)21(32)18-23-28(10-27-18)9-14(36-23)16-11(2)19-17(12(3)30)22(33)29(19)20(16)24(34)35/h4-7,9-12,17,19,30H,8H2,1-3H3,(H2,25,31)(H,34,35)/b5-4-,13-6+,26-7?/t11-,12+,17+,19+/m0/s1. The second-order valence-electron chi connectivity index (χ2n) is 8.64. The number of β-lactam (4-membered cyclic amide) rings is 1. The Morgan fingerprint density at radius 2 is 2.08 bits per heavy atom. The number of thiazole rings is 1. The molecule has 4 N–H and O–H groups in total. The molecule has 2 aliphatic rings. The highest BCUT2D eigenvalue weighted by Crippen LogP contribution is 2.51. The van der Waals surface area contributed by atoms with E-state index in [-0.39, 0.29) is 29.4 Å². The lowest BCUT2D eigenvalue weighted by atomic mass is 9.77. The minimum atomic E-state index is -1.23. The van der Waals surface area contributed by atoms with Gasteiger partial charge in [-0.25, -0.2) is 9.78 Å². The Labute approximate surface area is 209 Å². The van der Waals surface area contributed by atoms with Crippen LogP contribution in [0.5, 0.6) is 0 Å². The first-order valence-electron chi connectivity index (χ1n) is 11.2. The molecule has 0 unspecified atom stereocenters. The highest BCUT2D eigenvalue weighted by Gasteiger charge is 2.60. The number of Topliss-reactive ketones (excluding diaryl/α,β-unsaturated/α-hetero) is 1. The van der Waals surface area contributed by atoms with E-state index in [1.165, 1.54) is 35.7 Å². The maximum Gasteiger partial charge on any atom is 0.352 e. The van der Waals surface area contributed by atoms with Crippen LogP contribution in [0.4, 0.5) is 0 Å². The summed E-state index contributed by atoms with van der Waals surface area (Å²) in [6, 6.07) is -0.448. The third-order valence-electron chi connectivity index (χ3n) is 6.27. The quantitative estimate of drug-likeness (QED) is 0.150. The Morgan fingerprint density at radius 1 is 1.36 bits per heavy atom. The molecule has 0 bridgehead atoms. The van der Waals surface area contributed by atoms with Crippen LogP contribution in [0.2, 0.25) is 0 Å². The van der Waals surface area contributed by atoms with Gasteiger partial charge in [-0.2, -0.15) is 0 Å². The molecule has 12 heteroatoms. The van der Waals surface area contributed by atoms with Crippen LogP contribution in [0.15, 0.2) is 47.0 Å². The number of aliphatic hydroxyl groups is 1. The summed E-state index contributed by atoms with van der Waals surface area (Å²) in [4.78, 5) is 59.6. The molecular weight excluding hydrogens is 486 g/mol. The molecule has 2 amide bonds. The first-order chi connectivity index (χ1) is 17.1. The molecule has 1 fully saturated rings. The summed E-state index contributed by atoms with van der Waals surface area (Å²) in [6.45, 7) is 4.87. The number of hydrogen-bond donors (Lipinski definition) is 3. The fourth-order valence-electron chi connectivity index (χ4n) is 4.72. The van der Waals surface area contributed by atoms with Crippen molar-refractivity contribution < 1.29 is 29.4 Å². The third-order valence-corrected chi connectivity index (χ3v) is 7.42. The number of rotatable bonds is 9. The van der Waals surface area contributed by atoms with E-state index in [4.69, 9.17) is 5.73 Å². The SMILES string of the molecule is C/C=C\C=C(/C=NCC(N)=O)C(=O)c1ncn2cc(C3=C(C(=O)O)N4C(=O)[C@H]([C@@H](C)O)[C@H]4[C@H]3C)sc12. The van der Waals surface area contributed by atoms with Gasteiger partial charge in [-0.15, -0.1) is 11.3 Å². The van der Waals surface area contributed by atoms with Crippen molar-refractivity contribution in [2.45, 2.75) is 32.9 Å². The second kappa shape index (κ2) is 9.63. The van der Waals surface area contributed by atoms with Crippen LogP contribution in [0, 0.1) is 11.8 Å². The van der Waals surface area contributed by atoms with Crippen LogP contribution in [0.25, 0.3) is 10.4 Å². The van der Waals surface area contributed by atoms with Crippen molar-refractivity contribution in [3.8, 4) is 0 Å². The van der Waals surface area contributed by atoms with Gasteiger partial charge in [-0.1, -0.05) is 19.1 Å². The molecule has 2 aliphatic heterocycles. The summed E-state index contributed by atoms with van der Waals surface area (Å²) in [6.07, 6.45) is 8.43. The van der Waals surface area contributed by atoms with Crippen LogP contribution in [0.1, 0.15) is 36.1 Å². The number of carboxylic acids is 1. The van der Waals surface area contributed by atoms with E-state index in [1.807, 2.05) is 6.92 Å². The van der Waals surface area contributed by atoms with Gasteiger partial charge in [-0.3, -0.25) is 23.8 Å². The molecular formula is C24H25N5O6S. The number of primary amides is 1. The smallest absolute Gasteiger partial charge is 0.352 e. The van der Waals surface area contributed by atoms with E-state index in [1.54, 1.807) is 35.7 Å². The number of nitrogens with zero attached hydrogens (tertiary/aromatic N) is 4. The van der Waals surface area contributed by atoms with Gasteiger partial charge in [-0.05, 0) is 19.9 Å². The Bertz CT molecular complexity index is 1390. The van der Waals surface area contributed by atoms with Crippen LogP contribution in [-0.4, -0.2) is 73.0 Å². The van der Waals surface area contributed by atoms with E-state index in [9.17, 15) is 29.4 Å². The van der Waals surface area contributed by atoms with E-state index < -0.39 is 41.6 Å². The van der Waals surface area contributed by atoms with Crippen molar-refractivity contribution in [3.05, 3.63) is 52.6 Å². The van der Waals surface area contributed by atoms with Gasteiger partial charge in [0.25, 0.3) is 0 Å². The van der Waals surface area contributed by atoms with E-state index in [2.05, 4.69) is 9.98 Å². The van der Waals surface area contributed by atoms with Crippen LogP contribution >= 0.6 is 11.3 Å². The number of ketones is 1. The van der Waals surface area contributed by atoms with Crippen molar-refractivity contribution >= 4 is 51.5 Å². The maximum atomic E-state index is 13.3. The van der Waals surface area contributed by atoms with Crippen LogP contribution in [-0.2, 0) is 14.4 Å². The molecule has 2 aromatic rings. The molecule has 1 saturated heterocycles. The Hall–Kier alpha value is -3.90. The van der Waals surface area contributed by atoms with Crippen molar-refractivity contribution in [1.29, 1.82) is 0 Å². The summed E-state index contributed by atoms with van der Waals surface area (Å²) >= 11 is 1.19.